The maximum atomic E-state index is 9.20. The lowest BCUT2D eigenvalue weighted by Gasteiger charge is -2.40. The minimum atomic E-state index is -0.366. The minimum absolute atomic E-state index is 0.366. The molecule has 1 aliphatic rings. The van der Waals surface area contributed by atoms with Gasteiger partial charge in [0, 0.05) is 32.7 Å². The van der Waals surface area contributed by atoms with E-state index in [4.69, 9.17) is 4.74 Å². The van der Waals surface area contributed by atoms with Crippen LogP contribution in [0.1, 0.15) is 19.4 Å². The number of benzene rings is 1. The highest BCUT2D eigenvalue weighted by Gasteiger charge is 2.29. The van der Waals surface area contributed by atoms with E-state index >= 15 is 0 Å². The largest absolute Gasteiger partial charge is 0.496 e. The first kappa shape index (κ1) is 16.3. The van der Waals surface area contributed by atoms with E-state index in [1.165, 1.54) is 5.56 Å². The predicted octanol–water partition coefficient (Wildman–Crippen LogP) is 2.88. The average Bonchev–Trinajstić information content (AvgIpc) is 2.48. The molecular formula is C16H22BrN3O. The van der Waals surface area contributed by atoms with Crippen LogP contribution >= 0.6 is 15.9 Å². The van der Waals surface area contributed by atoms with Gasteiger partial charge in [-0.05, 0) is 47.5 Å². The smallest absolute Gasteiger partial charge is 0.133 e. The van der Waals surface area contributed by atoms with Gasteiger partial charge < -0.3 is 4.74 Å². The van der Waals surface area contributed by atoms with Gasteiger partial charge in [-0.1, -0.05) is 6.07 Å². The Morgan fingerprint density at radius 3 is 2.48 bits per heavy atom. The Kier molecular flexibility index (Phi) is 5.26. The average molecular weight is 352 g/mol. The van der Waals surface area contributed by atoms with Crippen LogP contribution in [0.3, 0.4) is 0 Å². The van der Waals surface area contributed by atoms with Gasteiger partial charge in [-0.25, -0.2) is 0 Å². The van der Waals surface area contributed by atoms with E-state index in [9.17, 15) is 5.26 Å². The monoisotopic (exact) mass is 351 g/mol. The first-order chi connectivity index (χ1) is 9.96. The summed E-state index contributed by atoms with van der Waals surface area (Å²) in [7, 11) is 1.68. The van der Waals surface area contributed by atoms with Crippen molar-refractivity contribution in [2.75, 3.05) is 33.3 Å². The third-order valence-corrected chi connectivity index (χ3v) is 4.68. The van der Waals surface area contributed by atoms with E-state index in [1.807, 2.05) is 19.9 Å². The number of nitrogens with zero attached hydrogens (tertiary/aromatic N) is 3. The van der Waals surface area contributed by atoms with Gasteiger partial charge in [-0.15, -0.1) is 0 Å². The highest BCUT2D eigenvalue weighted by molar-refractivity contribution is 9.10. The molecule has 1 saturated heterocycles. The second kappa shape index (κ2) is 6.78. The topological polar surface area (TPSA) is 39.5 Å². The Balaban J connectivity index is 1.92. The second-order valence-electron chi connectivity index (χ2n) is 5.90. The van der Waals surface area contributed by atoms with E-state index in [2.05, 4.69) is 43.9 Å². The van der Waals surface area contributed by atoms with Crippen molar-refractivity contribution in [1.29, 1.82) is 5.26 Å². The first-order valence-electron chi connectivity index (χ1n) is 7.17. The summed E-state index contributed by atoms with van der Waals surface area (Å²) in [6.45, 7) is 8.79. The van der Waals surface area contributed by atoms with Gasteiger partial charge in [0.2, 0.25) is 0 Å². The fraction of sp³-hybridized carbons (Fsp3) is 0.562. The SMILES string of the molecule is COc1ccc(CN2CCN(C(C)(C)C#N)CC2)cc1Br. The lowest BCUT2D eigenvalue weighted by Crippen LogP contribution is -2.53. The molecular weight excluding hydrogens is 330 g/mol. The van der Waals surface area contributed by atoms with Crippen LogP contribution < -0.4 is 4.74 Å². The molecule has 0 aromatic heterocycles. The molecule has 0 saturated carbocycles. The predicted molar refractivity (Wildman–Crippen MR) is 87.2 cm³/mol. The van der Waals surface area contributed by atoms with Gasteiger partial charge in [0.25, 0.3) is 0 Å². The molecule has 0 atom stereocenters. The zero-order valence-electron chi connectivity index (χ0n) is 12.9. The molecule has 0 unspecified atom stereocenters. The lowest BCUT2D eigenvalue weighted by atomic mass is 10.0. The Morgan fingerprint density at radius 1 is 1.29 bits per heavy atom. The molecule has 1 aliphatic heterocycles. The van der Waals surface area contributed by atoms with Crippen LogP contribution in [-0.2, 0) is 6.54 Å². The summed E-state index contributed by atoms with van der Waals surface area (Å²) in [4.78, 5) is 4.69. The number of ether oxygens (including phenoxy) is 1. The lowest BCUT2D eigenvalue weighted by molar-refractivity contribution is 0.0764. The molecule has 1 fully saturated rings. The number of hydrogen-bond acceptors (Lipinski definition) is 4. The molecule has 0 amide bonds. The minimum Gasteiger partial charge on any atom is -0.496 e. The Hall–Kier alpha value is -1.09. The van der Waals surface area contributed by atoms with Crippen molar-refractivity contribution in [3.8, 4) is 11.8 Å². The molecule has 0 spiro atoms. The molecule has 0 N–H and O–H groups in total. The van der Waals surface area contributed by atoms with Crippen LogP contribution in [0.4, 0.5) is 0 Å². The number of methoxy groups -OCH3 is 1. The maximum Gasteiger partial charge on any atom is 0.133 e. The summed E-state index contributed by atoms with van der Waals surface area (Å²) < 4.78 is 6.25. The third-order valence-electron chi connectivity index (χ3n) is 4.06. The third kappa shape index (κ3) is 3.97. The van der Waals surface area contributed by atoms with E-state index in [1.54, 1.807) is 7.11 Å². The maximum absolute atomic E-state index is 9.20. The van der Waals surface area contributed by atoms with Gasteiger partial charge in [0.1, 0.15) is 11.3 Å². The number of piperazine rings is 1. The zero-order chi connectivity index (χ0) is 15.5. The summed E-state index contributed by atoms with van der Waals surface area (Å²) in [6.07, 6.45) is 0. The van der Waals surface area contributed by atoms with Gasteiger partial charge in [0.05, 0.1) is 17.7 Å². The quantitative estimate of drug-likeness (QED) is 0.836. The normalized spacial score (nSPS) is 17.5. The highest BCUT2D eigenvalue weighted by atomic mass is 79.9. The number of nitriles is 1. The molecule has 1 heterocycles. The molecule has 5 heteroatoms. The van der Waals surface area contributed by atoms with Crippen molar-refractivity contribution in [3.05, 3.63) is 28.2 Å². The van der Waals surface area contributed by atoms with Crippen LogP contribution in [0.2, 0.25) is 0 Å². The summed E-state index contributed by atoms with van der Waals surface area (Å²) in [5.74, 6) is 0.860. The number of halogens is 1. The van der Waals surface area contributed by atoms with Crippen molar-refractivity contribution < 1.29 is 4.74 Å². The summed E-state index contributed by atoms with van der Waals surface area (Å²) in [6, 6.07) is 8.60. The fourth-order valence-corrected chi connectivity index (χ4v) is 3.19. The molecule has 0 bridgehead atoms. The molecule has 0 aliphatic carbocycles. The number of rotatable bonds is 4. The highest BCUT2D eigenvalue weighted by Crippen LogP contribution is 2.26. The zero-order valence-corrected chi connectivity index (χ0v) is 14.5. The van der Waals surface area contributed by atoms with Gasteiger partial charge in [-0.3, -0.25) is 9.80 Å². The van der Waals surface area contributed by atoms with Crippen molar-refractivity contribution >= 4 is 15.9 Å². The molecule has 1 aromatic carbocycles. The summed E-state index contributed by atoms with van der Waals surface area (Å²) >= 11 is 3.53. The Morgan fingerprint density at radius 2 is 1.95 bits per heavy atom. The molecule has 0 radical (unpaired) electrons. The van der Waals surface area contributed by atoms with Crippen LogP contribution in [-0.4, -0.2) is 48.6 Å². The van der Waals surface area contributed by atoms with Crippen molar-refractivity contribution in [2.45, 2.75) is 25.9 Å². The fourth-order valence-electron chi connectivity index (χ4n) is 2.60. The van der Waals surface area contributed by atoms with Gasteiger partial charge in [-0.2, -0.15) is 5.26 Å². The van der Waals surface area contributed by atoms with Crippen molar-refractivity contribution in [1.82, 2.24) is 9.80 Å². The Labute approximate surface area is 135 Å². The second-order valence-corrected chi connectivity index (χ2v) is 6.76. The van der Waals surface area contributed by atoms with Gasteiger partial charge in [0.15, 0.2) is 0 Å². The van der Waals surface area contributed by atoms with Crippen molar-refractivity contribution in [3.63, 3.8) is 0 Å². The van der Waals surface area contributed by atoms with Crippen LogP contribution in [0.5, 0.6) is 5.75 Å². The first-order valence-corrected chi connectivity index (χ1v) is 7.96. The summed E-state index contributed by atoms with van der Waals surface area (Å²) in [5.41, 5.74) is 0.908. The molecule has 2 rings (SSSR count). The van der Waals surface area contributed by atoms with E-state index in [-0.39, 0.29) is 5.54 Å². The van der Waals surface area contributed by atoms with Crippen LogP contribution in [0.25, 0.3) is 0 Å². The van der Waals surface area contributed by atoms with E-state index in [0.717, 1.165) is 42.9 Å². The standard InChI is InChI=1S/C16H22BrN3O/c1-16(2,12-18)20-8-6-19(7-9-20)11-13-4-5-15(21-3)14(17)10-13/h4-5,10H,6-9,11H2,1-3H3. The van der Waals surface area contributed by atoms with Crippen molar-refractivity contribution in [2.24, 2.45) is 0 Å². The Bertz CT molecular complexity index is 531. The molecule has 114 valence electrons. The van der Waals surface area contributed by atoms with Crippen LogP contribution in [0.15, 0.2) is 22.7 Å². The molecule has 4 nitrogen and oxygen atoms in total. The van der Waals surface area contributed by atoms with Crippen LogP contribution in [0, 0.1) is 11.3 Å². The van der Waals surface area contributed by atoms with E-state index < -0.39 is 0 Å². The summed E-state index contributed by atoms with van der Waals surface area (Å²) in [5, 5.41) is 9.20. The number of hydrogen-bond donors (Lipinski definition) is 0. The molecule has 1 aromatic rings. The molecule has 21 heavy (non-hydrogen) atoms. The van der Waals surface area contributed by atoms with E-state index in [0.29, 0.717) is 0 Å². The van der Waals surface area contributed by atoms with Gasteiger partial charge >= 0.3 is 0 Å².